The van der Waals surface area contributed by atoms with E-state index in [1.165, 1.54) is 0 Å². The molecular formula is C19H21NO4S. The van der Waals surface area contributed by atoms with E-state index in [1.807, 2.05) is 48.5 Å². The van der Waals surface area contributed by atoms with Gasteiger partial charge in [0.05, 0.1) is 7.11 Å². The van der Waals surface area contributed by atoms with Gasteiger partial charge in [0.15, 0.2) is 0 Å². The number of anilines is 1. The Morgan fingerprint density at radius 3 is 2.08 bits per heavy atom. The van der Waals surface area contributed by atoms with E-state index in [9.17, 15) is 9.59 Å². The Morgan fingerprint density at radius 2 is 1.52 bits per heavy atom. The first-order valence-electron chi connectivity index (χ1n) is 8.00. The highest BCUT2D eigenvalue weighted by molar-refractivity contribution is 7.99. The largest absolute Gasteiger partial charge is 0.497 e. The minimum Gasteiger partial charge on any atom is -0.497 e. The lowest BCUT2D eigenvalue weighted by molar-refractivity contribution is -0.137. The lowest BCUT2D eigenvalue weighted by Crippen LogP contribution is -2.11. The van der Waals surface area contributed by atoms with Crippen molar-refractivity contribution in [3.8, 4) is 5.75 Å². The number of hydrogen-bond acceptors (Lipinski definition) is 4. The molecule has 2 aromatic rings. The number of hydrogen-bond donors (Lipinski definition) is 2. The molecule has 0 unspecified atom stereocenters. The predicted octanol–water partition coefficient (Wildman–Crippen LogP) is 4.43. The highest BCUT2D eigenvalue weighted by atomic mass is 32.2. The van der Waals surface area contributed by atoms with Gasteiger partial charge in [-0.05, 0) is 61.4 Å². The van der Waals surface area contributed by atoms with Crippen LogP contribution in [0, 0.1) is 0 Å². The average Bonchev–Trinajstić information content (AvgIpc) is 2.61. The van der Waals surface area contributed by atoms with Gasteiger partial charge in [-0.2, -0.15) is 0 Å². The van der Waals surface area contributed by atoms with Crippen molar-refractivity contribution in [3.05, 3.63) is 48.5 Å². The molecule has 0 saturated carbocycles. The monoisotopic (exact) mass is 359 g/mol. The predicted molar refractivity (Wildman–Crippen MR) is 98.3 cm³/mol. The highest BCUT2D eigenvalue weighted by Crippen LogP contribution is 2.29. The van der Waals surface area contributed by atoms with Crippen LogP contribution in [0.5, 0.6) is 5.75 Å². The van der Waals surface area contributed by atoms with Crippen LogP contribution in [0.1, 0.15) is 25.7 Å². The summed E-state index contributed by atoms with van der Waals surface area (Å²) in [5, 5.41) is 11.4. The molecule has 1 amide bonds. The number of nitrogens with one attached hydrogen (secondary N) is 1. The van der Waals surface area contributed by atoms with Crippen molar-refractivity contribution in [1.82, 2.24) is 0 Å². The fourth-order valence-corrected chi connectivity index (χ4v) is 2.99. The number of methoxy groups -OCH3 is 1. The molecule has 132 valence electrons. The number of carboxylic acids is 1. The molecule has 25 heavy (non-hydrogen) atoms. The van der Waals surface area contributed by atoms with Gasteiger partial charge in [0.2, 0.25) is 5.91 Å². The zero-order chi connectivity index (χ0) is 18.1. The fourth-order valence-electron chi connectivity index (χ4n) is 2.17. The molecule has 0 aromatic heterocycles. The third-order valence-corrected chi connectivity index (χ3v) is 4.49. The summed E-state index contributed by atoms with van der Waals surface area (Å²) in [4.78, 5) is 24.4. The van der Waals surface area contributed by atoms with Crippen LogP contribution in [0.2, 0.25) is 0 Å². The maximum atomic E-state index is 11.8. The Bertz CT molecular complexity index is 698. The first-order chi connectivity index (χ1) is 12.1. The highest BCUT2D eigenvalue weighted by Gasteiger charge is 2.04. The number of rotatable bonds is 9. The zero-order valence-electron chi connectivity index (χ0n) is 14.0. The molecule has 0 bridgehead atoms. The Hall–Kier alpha value is -2.47. The lowest BCUT2D eigenvalue weighted by Gasteiger charge is -2.07. The van der Waals surface area contributed by atoms with Crippen molar-refractivity contribution in [2.45, 2.75) is 35.5 Å². The second-order valence-electron chi connectivity index (χ2n) is 5.45. The van der Waals surface area contributed by atoms with Crippen molar-refractivity contribution in [2.75, 3.05) is 12.4 Å². The van der Waals surface area contributed by atoms with Crippen LogP contribution in [0.3, 0.4) is 0 Å². The second kappa shape index (κ2) is 9.74. The van der Waals surface area contributed by atoms with Crippen molar-refractivity contribution < 1.29 is 19.4 Å². The summed E-state index contributed by atoms with van der Waals surface area (Å²) in [6.45, 7) is 0. The quantitative estimate of drug-likeness (QED) is 0.648. The number of ether oxygens (including phenoxy) is 1. The Morgan fingerprint density at radius 1 is 0.960 bits per heavy atom. The molecule has 0 aliphatic carbocycles. The van der Waals surface area contributed by atoms with E-state index < -0.39 is 5.97 Å². The normalized spacial score (nSPS) is 10.3. The van der Waals surface area contributed by atoms with Gasteiger partial charge in [-0.3, -0.25) is 9.59 Å². The molecule has 5 nitrogen and oxygen atoms in total. The summed E-state index contributed by atoms with van der Waals surface area (Å²) < 4.78 is 5.14. The molecule has 2 rings (SSSR count). The van der Waals surface area contributed by atoms with Crippen molar-refractivity contribution in [2.24, 2.45) is 0 Å². The van der Waals surface area contributed by atoms with Gasteiger partial charge in [-0.1, -0.05) is 11.8 Å². The van der Waals surface area contributed by atoms with Crippen LogP contribution in [0.15, 0.2) is 58.3 Å². The first-order valence-corrected chi connectivity index (χ1v) is 8.82. The smallest absolute Gasteiger partial charge is 0.303 e. The standard InChI is InChI=1S/C19H21NO4S/c1-24-15-8-12-17(13-9-15)25-16-10-6-14(7-11-16)20-18(21)4-2-3-5-19(22)23/h6-13H,2-5H2,1H3,(H,20,21)(H,22,23). The van der Waals surface area contributed by atoms with Crippen LogP contribution in [-0.4, -0.2) is 24.1 Å². The van der Waals surface area contributed by atoms with Gasteiger partial charge in [-0.25, -0.2) is 0 Å². The van der Waals surface area contributed by atoms with Gasteiger partial charge in [-0.15, -0.1) is 0 Å². The summed E-state index contributed by atoms with van der Waals surface area (Å²) >= 11 is 1.63. The number of carbonyl (C=O) groups is 2. The molecule has 0 saturated heterocycles. The molecule has 0 spiro atoms. The van der Waals surface area contributed by atoms with Crippen molar-refractivity contribution in [1.29, 1.82) is 0 Å². The molecule has 0 atom stereocenters. The maximum absolute atomic E-state index is 11.8. The number of benzene rings is 2. The van der Waals surface area contributed by atoms with E-state index in [2.05, 4.69) is 5.32 Å². The molecule has 2 N–H and O–H groups in total. The van der Waals surface area contributed by atoms with Gasteiger partial charge >= 0.3 is 5.97 Å². The number of carboxylic acid groups (broad SMARTS) is 1. The van der Waals surface area contributed by atoms with E-state index in [0.717, 1.165) is 21.2 Å². The van der Waals surface area contributed by atoms with Crippen LogP contribution < -0.4 is 10.1 Å². The summed E-state index contributed by atoms with van der Waals surface area (Å²) in [6, 6.07) is 15.5. The van der Waals surface area contributed by atoms with Crippen LogP contribution in [0.25, 0.3) is 0 Å². The summed E-state index contributed by atoms with van der Waals surface area (Å²) in [6.07, 6.45) is 1.52. The topological polar surface area (TPSA) is 75.6 Å². The summed E-state index contributed by atoms with van der Waals surface area (Å²) in [5.41, 5.74) is 0.738. The third-order valence-electron chi connectivity index (χ3n) is 3.48. The van der Waals surface area contributed by atoms with Crippen LogP contribution in [0.4, 0.5) is 5.69 Å². The molecule has 2 aromatic carbocycles. The van der Waals surface area contributed by atoms with E-state index in [4.69, 9.17) is 9.84 Å². The van der Waals surface area contributed by atoms with Gasteiger partial charge in [0, 0.05) is 28.3 Å². The molecule has 0 aliphatic rings. The molecule has 0 heterocycles. The van der Waals surface area contributed by atoms with Gasteiger partial charge in [0.1, 0.15) is 5.75 Å². The van der Waals surface area contributed by atoms with Crippen molar-refractivity contribution >= 4 is 29.3 Å². The maximum Gasteiger partial charge on any atom is 0.303 e. The molecule has 0 aliphatic heterocycles. The summed E-state index contributed by atoms with van der Waals surface area (Å²) in [7, 11) is 1.64. The molecule has 0 radical (unpaired) electrons. The van der Waals surface area contributed by atoms with E-state index in [0.29, 0.717) is 19.3 Å². The van der Waals surface area contributed by atoms with Gasteiger partial charge in [0.25, 0.3) is 0 Å². The first kappa shape index (κ1) is 18.9. The SMILES string of the molecule is COc1ccc(Sc2ccc(NC(=O)CCCCC(=O)O)cc2)cc1. The van der Waals surface area contributed by atoms with Crippen molar-refractivity contribution in [3.63, 3.8) is 0 Å². The van der Waals surface area contributed by atoms with Crippen LogP contribution in [-0.2, 0) is 9.59 Å². The minimum absolute atomic E-state index is 0.0963. The second-order valence-corrected chi connectivity index (χ2v) is 6.60. The average molecular weight is 359 g/mol. The number of amides is 1. The minimum atomic E-state index is -0.828. The molecule has 0 fully saturated rings. The van der Waals surface area contributed by atoms with Gasteiger partial charge < -0.3 is 15.2 Å². The number of unbranched alkanes of at least 4 members (excludes halogenated alkanes) is 1. The third kappa shape index (κ3) is 6.89. The number of carbonyl (C=O) groups excluding carboxylic acids is 1. The van der Waals surface area contributed by atoms with Crippen LogP contribution >= 0.6 is 11.8 Å². The molecule has 6 heteroatoms. The Labute approximate surface area is 151 Å². The van der Waals surface area contributed by atoms with E-state index in [-0.39, 0.29) is 12.3 Å². The lowest BCUT2D eigenvalue weighted by atomic mass is 10.2. The van der Waals surface area contributed by atoms with E-state index >= 15 is 0 Å². The molecular weight excluding hydrogens is 338 g/mol. The fraction of sp³-hybridized carbons (Fsp3) is 0.263. The number of aliphatic carboxylic acids is 1. The zero-order valence-corrected chi connectivity index (χ0v) is 14.8. The summed E-state index contributed by atoms with van der Waals surface area (Å²) in [5.74, 6) is -0.0999. The van der Waals surface area contributed by atoms with E-state index in [1.54, 1.807) is 18.9 Å². The Kier molecular flexibility index (Phi) is 7.35. The Balaban J connectivity index is 1.80.